The lowest BCUT2D eigenvalue weighted by atomic mass is 9.94. The van der Waals surface area contributed by atoms with Crippen molar-refractivity contribution in [1.82, 2.24) is 0 Å². The third kappa shape index (κ3) is 7.80. The fourth-order valence-electron chi connectivity index (χ4n) is 4.92. The van der Waals surface area contributed by atoms with Gasteiger partial charge in [0.15, 0.2) is 0 Å². The van der Waals surface area contributed by atoms with E-state index in [1.54, 1.807) is 51.3 Å². The Morgan fingerprint density at radius 2 is 1.75 bits per heavy atom. The number of fused-ring (bicyclic) bond motifs is 1. The Kier molecular flexibility index (Phi) is 11.1. The molecule has 4 aromatic rings. The van der Waals surface area contributed by atoms with Crippen molar-refractivity contribution in [3.63, 3.8) is 0 Å². The number of halogens is 3. The molecule has 0 saturated carbocycles. The monoisotopic (exact) mass is 639 g/mol. The minimum atomic E-state index is -4.49. The van der Waals surface area contributed by atoms with Crippen molar-refractivity contribution >= 4 is 40.6 Å². The predicted octanol–water partition coefficient (Wildman–Crippen LogP) is 8.93. The van der Waals surface area contributed by atoms with Crippen LogP contribution in [-0.2, 0) is 17.5 Å². The number of hydrogen-bond acceptors (Lipinski definition) is 7. The summed E-state index contributed by atoms with van der Waals surface area (Å²) in [6.45, 7) is 5.07. The molecule has 0 radical (unpaired) electrons. The van der Waals surface area contributed by atoms with Crippen LogP contribution in [0, 0.1) is 18.8 Å². The van der Waals surface area contributed by atoms with Gasteiger partial charge in [-0.25, -0.2) is 0 Å². The van der Waals surface area contributed by atoms with Crippen molar-refractivity contribution < 1.29 is 27.4 Å². The van der Waals surface area contributed by atoms with Crippen molar-refractivity contribution in [1.29, 1.82) is 0 Å². The van der Waals surface area contributed by atoms with Crippen LogP contribution in [0.3, 0.4) is 0 Å². The number of alkyl halides is 3. The van der Waals surface area contributed by atoms with Gasteiger partial charge in [0, 0.05) is 29.2 Å². The standard InChI is InChI=1S/C33H30F3N3O3S.H2S/c1-4-5-24(18-25-19-37-39-38-25)23-7-9-26(10-8-23)42-20-22-6-13-30-29(17-22)31(32(43-30)33(34,35)36)28-12-11-27(16-21(28)2)41-15-14-40-3;/h6-13,16-17,24H,14-15,18-20H2,1-3H3;1H2/t24-;/m0./s1. The smallest absolute Gasteiger partial charge is 0.426 e. The van der Waals surface area contributed by atoms with E-state index in [4.69, 9.17) is 14.2 Å². The van der Waals surface area contributed by atoms with Gasteiger partial charge in [-0.15, -0.1) is 22.4 Å². The summed E-state index contributed by atoms with van der Waals surface area (Å²) in [5.74, 6) is 7.41. The molecule has 230 valence electrons. The molecule has 0 saturated heterocycles. The first kappa shape index (κ1) is 33.1. The van der Waals surface area contributed by atoms with Crippen molar-refractivity contribution in [2.24, 2.45) is 15.4 Å². The number of rotatable bonds is 11. The van der Waals surface area contributed by atoms with Crippen molar-refractivity contribution in [3.8, 4) is 34.5 Å². The van der Waals surface area contributed by atoms with Crippen LogP contribution in [0.25, 0.3) is 21.2 Å². The zero-order valence-corrected chi connectivity index (χ0v) is 26.3. The molecule has 1 aliphatic heterocycles. The van der Waals surface area contributed by atoms with E-state index in [-0.39, 0.29) is 31.6 Å². The quantitative estimate of drug-likeness (QED) is 0.122. The van der Waals surface area contributed by atoms with Crippen molar-refractivity contribution in [2.75, 3.05) is 26.9 Å². The molecular formula is C33H32F3N3O3S2. The highest BCUT2D eigenvalue weighted by Crippen LogP contribution is 2.48. The average Bonchev–Trinajstić information content (AvgIpc) is 3.64. The second kappa shape index (κ2) is 14.8. The van der Waals surface area contributed by atoms with Crippen LogP contribution < -0.4 is 9.47 Å². The molecule has 0 unspecified atom stereocenters. The van der Waals surface area contributed by atoms with E-state index in [1.165, 1.54) is 0 Å². The van der Waals surface area contributed by atoms with Crippen LogP contribution in [0.1, 0.15) is 40.8 Å². The molecule has 0 spiro atoms. The Labute approximate surface area is 265 Å². The Hall–Kier alpha value is -3.85. The maximum atomic E-state index is 14.2. The maximum absolute atomic E-state index is 14.2. The number of ether oxygens (including phenoxy) is 3. The minimum absolute atomic E-state index is 0. The average molecular weight is 640 g/mol. The van der Waals surface area contributed by atoms with Gasteiger partial charge < -0.3 is 14.2 Å². The Bertz CT molecular complexity index is 1720. The van der Waals surface area contributed by atoms with Crippen LogP contribution in [0.2, 0.25) is 0 Å². The van der Waals surface area contributed by atoms with E-state index >= 15 is 0 Å². The molecule has 0 fully saturated rings. The highest BCUT2D eigenvalue weighted by atomic mass is 32.1. The normalized spacial score (nSPS) is 13.2. The minimum Gasteiger partial charge on any atom is -0.491 e. The fourth-order valence-corrected chi connectivity index (χ4v) is 5.99. The molecule has 0 aliphatic carbocycles. The second-order valence-corrected chi connectivity index (χ2v) is 11.1. The van der Waals surface area contributed by atoms with Crippen LogP contribution in [-0.4, -0.2) is 32.6 Å². The van der Waals surface area contributed by atoms with Crippen LogP contribution in [0.15, 0.2) is 76.1 Å². The topological polar surface area (TPSA) is 64.8 Å². The van der Waals surface area contributed by atoms with Gasteiger partial charge in [0.25, 0.3) is 0 Å². The summed E-state index contributed by atoms with van der Waals surface area (Å²) in [5, 5.41) is 12.2. The van der Waals surface area contributed by atoms with E-state index in [1.807, 2.05) is 30.3 Å². The van der Waals surface area contributed by atoms with E-state index < -0.39 is 11.1 Å². The molecule has 5 rings (SSSR count). The number of aryl methyl sites for hydroxylation is 1. The lowest BCUT2D eigenvalue weighted by molar-refractivity contribution is -0.133. The first-order valence-electron chi connectivity index (χ1n) is 13.7. The maximum Gasteiger partial charge on any atom is 0.426 e. The van der Waals surface area contributed by atoms with Gasteiger partial charge in [-0.2, -0.15) is 31.8 Å². The third-order valence-electron chi connectivity index (χ3n) is 6.98. The molecule has 0 amide bonds. The second-order valence-electron chi connectivity index (χ2n) is 10.0. The van der Waals surface area contributed by atoms with Gasteiger partial charge in [0.05, 0.1) is 18.2 Å². The molecule has 11 heteroatoms. The van der Waals surface area contributed by atoms with Crippen LogP contribution >= 0.6 is 24.8 Å². The number of nitrogens with zero attached hydrogens (tertiary/aromatic N) is 3. The fraction of sp³-hybridized carbons (Fsp3) is 0.303. The molecule has 1 aliphatic rings. The van der Waals surface area contributed by atoms with Gasteiger partial charge in [0.1, 0.15) is 36.1 Å². The lowest BCUT2D eigenvalue weighted by Crippen LogP contribution is -2.07. The van der Waals surface area contributed by atoms with E-state index in [9.17, 15) is 13.2 Å². The van der Waals surface area contributed by atoms with Crippen LogP contribution in [0.4, 0.5) is 13.2 Å². The lowest BCUT2D eigenvalue weighted by Gasteiger charge is -2.14. The Balaban J connectivity index is 0.00000442. The summed E-state index contributed by atoms with van der Waals surface area (Å²) < 4.78 is 60.0. The highest BCUT2D eigenvalue weighted by molar-refractivity contribution is 7.59. The van der Waals surface area contributed by atoms with Gasteiger partial charge in [-0.3, -0.25) is 0 Å². The molecule has 2 heterocycles. The first-order chi connectivity index (χ1) is 20.8. The predicted molar refractivity (Wildman–Crippen MR) is 173 cm³/mol. The molecule has 44 heavy (non-hydrogen) atoms. The third-order valence-corrected chi connectivity index (χ3v) is 8.20. The molecular weight excluding hydrogens is 608 g/mol. The van der Waals surface area contributed by atoms with Gasteiger partial charge >= 0.3 is 6.18 Å². The summed E-state index contributed by atoms with van der Waals surface area (Å²) in [6.07, 6.45) is -3.84. The van der Waals surface area contributed by atoms with Crippen LogP contribution in [0.5, 0.6) is 11.5 Å². The highest BCUT2D eigenvalue weighted by Gasteiger charge is 2.37. The molecule has 1 aromatic heterocycles. The van der Waals surface area contributed by atoms with Crippen molar-refractivity contribution in [2.45, 2.75) is 39.0 Å². The van der Waals surface area contributed by atoms with Gasteiger partial charge in [0.2, 0.25) is 0 Å². The molecule has 3 aromatic carbocycles. The number of hydrogen-bond donors (Lipinski definition) is 0. The van der Waals surface area contributed by atoms with Gasteiger partial charge in [-0.1, -0.05) is 30.2 Å². The summed E-state index contributed by atoms with van der Waals surface area (Å²) in [4.78, 5) is -0.622. The number of thiophene rings is 1. The molecule has 1 atom stereocenters. The largest absolute Gasteiger partial charge is 0.491 e. The van der Waals surface area contributed by atoms with Gasteiger partial charge in [-0.05, 0) is 77.7 Å². The van der Waals surface area contributed by atoms with E-state index in [0.29, 0.717) is 58.9 Å². The first-order valence-corrected chi connectivity index (χ1v) is 14.5. The zero-order valence-electron chi connectivity index (χ0n) is 24.5. The Morgan fingerprint density at radius 1 is 0.977 bits per heavy atom. The Morgan fingerprint density at radius 3 is 2.41 bits per heavy atom. The van der Waals surface area contributed by atoms with Crippen molar-refractivity contribution in [3.05, 3.63) is 82.2 Å². The van der Waals surface area contributed by atoms with E-state index in [0.717, 1.165) is 28.2 Å². The summed E-state index contributed by atoms with van der Waals surface area (Å²) in [7, 11) is 1.58. The molecule has 0 bridgehead atoms. The summed E-state index contributed by atoms with van der Waals surface area (Å²) in [6, 6.07) is 18.2. The SMILES string of the molecule is CC#C[C@@H](CC1=NN=NC1)c1ccc(OCc2ccc3sc(C(F)(F)F)c(-c4ccc(OCCOC)cc4C)c3c2)cc1.S. The molecule has 0 N–H and O–H groups in total. The van der Waals surface area contributed by atoms with E-state index in [2.05, 4.69) is 27.3 Å². The number of benzene rings is 3. The number of methoxy groups -OCH3 is 1. The summed E-state index contributed by atoms with van der Waals surface area (Å²) >= 11 is 0.753. The molecule has 6 nitrogen and oxygen atoms in total. The summed E-state index contributed by atoms with van der Waals surface area (Å²) in [5.41, 5.74) is 4.08. The zero-order chi connectivity index (χ0) is 30.4.